The number of hydrogen-bond acceptors (Lipinski definition) is 6. The van der Waals surface area contributed by atoms with Crippen molar-refractivity contribution in [3.63, 3.8) is 0 Å². The number of carbonyl (C=O) groups is 1. The first-order valence-electron chi connectivity index (χ1n) is 6.88. The van der Waals surface area contributed by atoms with Crippen molar-refractivity contribution < 1.29 is 14.3 Å². The lowest BCUT2D eigenvalue weighted by molar-refractivity contribution is 0.102. The van der Waals surface area contributed by atoms with Gasteiger partial charge < -0.3 is 14.8 Å². The number of methoxy groups -OCH3 is 2. The van der Waals surface area contributed by atoms with Gasteiger partial charge in [-0.1, -0.05) is 6.07 Å². The van der Waals surface area contributed by atoms with Gasteiger partial charge in [-0.05, 0) is 30.7 Å². The summed E-state index contributed by atoms with van der Waals surface area (Å²) in [6, 6.07) is 8.83. The average Bonchev–Trinajstić information content (AvgIpc) is 3.05. The summed E-state index contributed by atoms with van der Waals surface area (Å²) in [6.07, 6.45) is 0. The molecule has 0 aliphatic carbocycles. The van der Waals surface area contributed by atoms with E-state index >= 15 is 0 Å². The summed E-state index contributed by atoms with van der Waals surface area (Å²) in [4.78, 5) is 12.6. The molecule has 23 heavy (non-hydrogen) atoms. The van der Waals surface area contributed by atoms with E-state index in [1.807, 2.05) is 19.1 Å². The van der Waals surface area contributed by atoms with Gasteiger partial charge in [-0.2, -0.15) is 8.75 Å². The molecule has 118 valence electrons. The van der Waals surface area contributed by atoms with Crippen molar-refractivity contribution in [1.82, 2.24) is 8.75 Å². The highest BCUT2D eigenvalue weighted by Gasteiger charge is 2.15. The molecule has 0 aliphatic heterocycles. The Morgan fingerprint density at radius 3 is 2.43 bits per heavy atom. The molecule has 0 unspecified atom stereocenters. The van der Waals surface area contributed by atoms with E-state index in [0.717, 1.165) is 22.8 Å². The van der Waals surface area contributed by atoms with Crippen LogP contribution in [0.2, 0.25) is 0 Å². The number of hydrogen-bond donors (Lipinski definition) is 1. The zero-order valence-corrected chi connectivity index (χ0v) is 13.7. The second kappa shape index (κ2) is 6.21. The van der Waals surface area contributed by atoms with Gasteiger partial charge >= 0.3 is 0 Å². The maximum absolute atomic E-state index is 12.6. The summed E-state index contributed by atoms with van der Waals surface area (Å²) in [5.74, 6) is 0.852. The van der Waals surface area contributed by atoms with Gasteiger partial charge in [-0.3, -0.25) is 4.79 Å². The summed E-state index contributed by atoms with van der Waals surface area (Å²) in [6.45, 7) is 1.92. The standard InChI is InChI=1S/C16H15N3O3S/c1-9-4-5-13-15(19-23-18-13)14(9)17-16(20)10-6-11(21-2)8-12(7-10)22-3/h4-8H,1-3H3,(H,17,20). The summed E-state index contributed by atoms with van der Waals surface area (Å²) in [7, 11) is 3.09. The SMILES string of the molecule is COc1cc(OC)cc(C(=O)Nc2c(C)ccc3nsnc23)c1. The molecule has 0 aliphatic rings. The molecule has 1 heterocycles. The smallest absolute Gasteiger partial charge is 0.256 e. The fourth-order valence-corrected chi connectivity index (χ4v) is 2.78. The summed E-state index contributed by atoms with van der Waals surface area (Å²) in [5.41, 5.74) is 3.49. The average molecular weight is 329 g/mol. The first kappa shape index (κ1) is 15.2. The van der Waals surface area contributed by atoms with Crippen LogP contribution in [0.5, 0.6) is 11.5 Å². The monoisotopic (exact) mass is 329 g/mol. The van der Waals surface area contributed by atoms with Gasteiger partial charge in [0.1, 0.15) is 22.5 Å². The maximum atomic E-state index is 12.6. The lowest BCUT2D eigenvalue weighted by Gasteiger charge is -2.11. The van der Waals surface area contributed by atoms with Crippen LogP contribution in [0.1, 0.15) is 15.9 Å². The van der Waals surface area contributed by atoms with Crippen LogP contribution in [0, 0.1) is 6.92 Å². The number of aryl methyl sites for hydroxylation is 1. The second-order valence-corrected chi connectivity index (χ2v) is 5.47. The van der Waals surface area contributed by atoms with Gasteiger partial charge in [0.15, 0.2) is 0 Å². The van der Waals surface area contributed by atoms with Gasteiger partial charge in [-0.25, -0.2) is 0 Å². The van der Waals surface area contributed by atoms with Crippen LogP contribution in [0.4, 0.5) is 5.69 Å². The van der Waals surface area contributed by atoms with Crippen LogP contribution in [-0.4, -0.2) is 28.9 Å². The first-order chi connectivity index (χ1) is 11.1. The highest BCUT2D eigenvalue weighted by atomic mass is 32.1. The molecule has 0 fully saturated rings. The van der Waals surface area contributed by atoms with E-state index in [4.69, 9.17) is 9.47 Å². The summed E-state index contributed by atoms with van der Waals surface area (Å²) in [5, 5.41) is 2.91. The Labute approximate surface area is 137 Å². The van der Waals surface area contributed by atoms with Crippen molar-refractivity contribution in [3.05, 3.63) is 41.5 Å². The van der Waals surface area contributed by atoms with Gasteiger partial charge in [0.2, 0.25) is 0 Å². The number of carbonyl (C=O) groups excluding carboxylic acids is 1. The van der Waals surface area contributed by atoms with Crippen LogP contribution in [0.15, 0.2) is 30.3 Å². The number of fused-ring (bicyclic) bond motifs is 1. The fraction of sp³-hybridized carbons (Fsp3) is 0.188. The minimum Gasteiger partial charge on any atom is -0.497 e. The van der Waals surface area contributed by atoms with Gasteiger partial charge in [0, 0.05) is 11.6 Å². The van der Waals surface area contributed by atoms with Crippen molar-refractivity contribution in [2.75, 3.05) is 19.5 Å². The Morgan fingerprint density at radius 2 is 1.78 bits per heavy atom. The second-order valence-electron chi connectivity index (χ2n) is 4.94. The topological polar surface area (TPSA) is 73.3 Å². The Morgan fingerprint density at radius 1 is 1.09 bits per heavy atom. The van der Waals surface area contributed by atoms with E-state index in [2.05, 4.69) is 14.1 Å². The number of anilines is 1. The number of nitrogens with zero attached hydrogens (tertiary/aromatic N) is 2. The highest BCUT2D eigenvalue weighted by molar-refractivity contribution is 7.00. The van der Waals surface area contributed by atoms with Crippen LogP contribution in [0.25, 0.3) is 11.0 Å². The molecule has 0 atom stereocenters. The van der Waals surface area contributed by atoms with E-state index in [-0.39, 0.29) is 5.91 Å². The number of rotatable bonds is 4. The molecule has 7 heteroatoms. The predicted molar refractivity (Wildman–Crippen MR) is 89.7 cm³/mol. The molecule has 0 spiro atoms. The van der Waals surface area contributed by atoms with Crippen LogP contribution in [-0.2, 0) is 0 Å². The van der Waals surface area contributed by atoms with Crippen molar-refractivity contribution >= 4 is 34.4 Å². The zero-order valence-electron chi connectivity index (χ0n) is 12.9. The third-order valence-corrected chi connectivity index (χ3v) is 4.03. The van der Waals surface area contributed by atoms with E-state index < -0.39 is 0 Å². The third kappa shape index (κ3) is 2.95. The quantitative estimate of drug-likeness (QED) is 0.795. The van der Waals surface area contributed by atoms with Gasteiger partial charge in [-0.15, -0.1) is 0 Å². The molecular weight excluding hydrogens is 314 g/mol. The summed E-state index contributed by atoms with van der Waals surface area (Å²) >= 11 is 1.12. The van der Waals surface area contributed by atoms with Crippen molar-refractivity contribution in [2.24, 2.45) is 0 Å². The van der Waals surface area contributed by atoms with Crippen LogP contribution >= 0.6 is 11.7 Å². The lowest BCUT2D eigenvalue weighted by atomic mass is 10.1. The molecule has 0 saturated carbocycles. The lowest BCUT2D eigenvalue weighted by Crippen LogP contribution is -2.13. The number of aromatic nitrogens is 2. The fourth-order valence-electron chi connectivity index (χ4n) is 2.23. The van der Waals surface area contributed by atoms with Gasteiger partial charge in [0.25, 0.3) is 5.91 Å². The number of benzene rings is 2. The minimum atomic E-state index is -0.259. The van der Waals surface area contributed by atoms with Gasteiger partial charge in [0.05, 0.1) is 31.6 Å². The number of nitrogens with one attached hydrogen (secondary N) is 1. The minimum absolute atomic E-state index is 0.259. The Balaban J connectivity index is 1.98. The van der Waals surface area contributed by atoms with E-state index in [1.165, 1.54) is 0 Å². The van der Waals surface area contributed by atoms with E-state index in [0.29, 0.717) is 28.3 Å². The Kier molecular flexibility index (Phi) is 4.12. The molecule has 0 radical (unpaired) electrons. The molecule has 1 aromatic heterocycles. The molecule has 1 N–H and O–H groups in total. The van der Waals surface area contributed by atoms with Crippen molar-refractivity contribution in [1.29, 1.82) is 0 Å². The van der Waals surface area contributed by atoms with E-state index in [1.54, 1.807) is 32.4 Å². The van der Waals surface area contributed by atoms with Crippen LogP contribution < -0.4 is 14.8 Å². The molecule has 0 saturated heterocycles. The Hall–Kier alpha value is -2.67. The zero-order chi connectivity index (χ0) is 16.4. The summed E-state index contributed by atoms with van der Waals surface area (Å²) < 4.78 is 18.9. The molecule has 0 bridgehead atoms. The third-order valence-electron chi connectivity index (χ3n) is 3.49. The molecule has 2 aromatic carbocycles. The number of ether oxygens (including phenoxy) is 2. The molecule has 3 aromatic rings. The number of amides is 1. The van der Waals surface area contributed by atoms with E-state index in [9.17, 15) is 4.79 Å². The molecule has 3 rings (SSSR count). The molecule has 1 amide bonds. The molecule has 6 nitrogen and oxygen atoms in total. The highest BCUT2D eigenvalue weighted by Crippen LogP contribution is 2.27. The van der Waals surface area contributed by atoms with Crippen molar-refractivity contribution in [2.45, 2.75) is 6.92 Å². The Bertz CT molecular complexity index is 854. The first-order valence-corrected chi connectivity index (χ1v) is 7.61. The van der Waals surface area contributed by atoms with Crippen LogP contribution in [0.3, 0.4) is 0 Å². The largest absolute Gasteiger partial charge is 0.497 e. The van der Waals surface area contributed by atoms with Crippen molar-refractivity contribution in [3.8, 4) is 11.5 Å². The predicted octanol–water partition coefficient (Wildman–Crippen LogP) is 3.27. The molecular formula is C16H15N3O3S. The normalized spacial score (nSPS) is 10.6. The maximum Gasteiger partial charge on any atom is 0.256 e.